The van der Waals surface area contributed by atoms with E-state index in [-0.39, 0.29) is 0 Å². The summed E-state index contributed by atoms with van der Waals surface area (Å²) in [5, 5.41) is 3.17. The van der Waals surface area contributed by atoms with Gasteiger partial charge in [0.1, 0.15) is 0 Å². The van der Waals surface area contributed by atoms with Crippen LogP contribution >= 0.6 is 11.8 Å². The molecular weight excluding hydrogens is 190 g/mol. The summed E-state index contributed by atoms with van der Waals surface area (Å²) in [4.78, 5) is 1.36. The Morgan fingerprint density at radius 3 is 2.93 bits per heavy atom. The number of benzene rings is 1. The van der Waals surface area contributed by atoms with Crippen molar-refractivity contribution in [1.29, 1.82) is 0 Å². The lowest BCUT2D eigenvalue weighted by Crippen LogP contribution is -2.16. The molecule has 0 fully saturated rings. The number of hydrogen-bond acceptors (Lipinski definition) is 2. The van der Waals surface area contributed by atoms with Crippen LogP contribution in [0.3, 0.4) is 0 Å². The third kappa shape index (κ3) is 3.87. The molecule has 14 heavy (non-hydrogen) atoms. The molecule has 74 valence electrons. The van der Waals surface area contributed by atoms with E-state index in [9.17, 15) is 0 Å². The van der Waals surface area contributed by atoms with Crippen molar-refractivity contribution in [2.75, 3.05) is 18.8 Å². The van der Waals surface area contributed by atoms with Crippen molar-refractivity contribution in [2.24, 2.45) is 0 Å². The Bertz CT molecular complexity index is 314. The highest BCUT2D eigenvalue weighted by molar-refractivity contribution is 7.99. The van der Waals surface area contributed by atoms with E-state index in [2.05, 4.69) is 42.4 Å². The van der Waals surface area contributed by atoms with Crippen molar-refractivity contribution < 1.29 is 0 Å². The predicted octanol–water partition coefficient (Wildman–Crippen LogP) is 2.31. The molecular formula is C12H15NS. The van der Waals surface area contributed by atoms with Gasteiger partial charge in [-0.25, -0.2) is 0 Å². The Labute approximate surface area is 90.3 Å². The largest absolute Gasteiger partial charge is 0.305 e. The summed E-state index contributed by atoms with van der Waals surface area (Å²) in [5.41, 5.74) is 1.34. The first-order valence-corrected chi connectivity index (χ1v) is 5.66. The molecule has 0 saturated heterocycles. The number of thioether (sulfide) groups is 1. The Morgan fingerprint density at radius 1 is 1.43 bits per heavy atom. The van der Waals surface area contributed by atoms with Crippen LogP contribution in [-0.2, 0) is 0 Å². The van der Waals surface area contributed by atoms with E-state index in [1.54, 1.807) is 0 Å². The second-order valence-corrected chi connectivity index (χ2v) is 4.13. The van der Waals surface area contributed by atoms with Gasteiger partial charge in [0.25, 0.3) is 0 Å². The molecule has 0 saturated carbocycles. The van der Waals surface area contributed by atoms with Gasteiger partial charge in [-0.3, -0.25) is 0 Å². The second-order valence-electron chi connectivity index (χ2n) is 2.99. The van der Waals surface area contributed by atoms with Gasteiger partial charge in [0.15, 0.2) is 0 Å². The van der Waals surface area contributed by atoms with E-state index >= 15 is 0 Å². The lowest BCUT2D eigenvalue weighted by molar-refractivity contribution is 0.818. The number of rotatable bonds is 5. The molecule has 0 spiro atoms. The minimum absolute atomic E-state index is 0.661. The fourth-order valence-electron chi connectivity index (χ4n) is 1.11. The van der Waals surface area contributed by atoms with Crippen molar-refractivity contribution in [3.05, 3.63) is 29.8 Å². The first kappa shape index (κ1) is 11.2. The minimum Gasteiger partial charge on any atom is -0.305 e. The van der Waals surface area contributed by atoms with Crippen LogP contribution in [0.25, 0.3) is 0 Å². The summed E-state index contributed by atoms with van der Waals surface area (Å²) < 4.78 is 0. The standard InChI is InChI=1S/C12H15NS/c1-3-8-13-9-10-14-12-7-5-4-6-11(12)2/h1,4-7,13H,8-10H2,2H3. The van der Waals surface area contributed by atoms with Gasteiger partial charge in [-0.15, -0.1) is 18.2 Å². The zero-order chi connectivity index (χ0) is 10.2. The molecule has 0 heterocycles. The van der Waals surface area contributed by atoms with Gasteiger partial charge in [-0.1, -0.05) is 24.1 Å². The van der Waals surface area contributed by atoms with Crippen molar-refractivity contribution in [1.82, 2.24) is 5.32 Å². The minimum atomic E-state index is 0.661. The molecule has 0 aliphatic rings. The summed E-state index contributed by atoms with van der Waals surface area (Å²) >= 11 is 1.87. The van der Waals surface area contributed by atoms with E-state index in [4.69, 9.17) is 6.42 Å². The SMILES string of the molecule is C#CCNCCSc1ccccc1C. The quantitative estimate of drug-likeness (QED) is 0.450. The van der Waals surface area contributed by atoms with Gasteiger partial charge in [0, 0.05) is 17.2 Å². The maximum Gasteiger partial charge on any atom is 0.0574 e. The van der Waals surface area contributed by atoms with E-state index in [0.717, 1.165) is 12.3 Å². The maximum absolute atomic E-state index is 5.13. The smallest absolute Gasteiger partial charge is 0.0574 e. The molecule has 0 atom stereocenters. The lowest BCUT2D eigenvalue weighted by atomic mass is 10.2. The fraction of sp³-hybridized carbons (Fsp3) is 0.333. The third-order valence-corrected chi connectivity index (χ3v) is 3.03. The van der Waals surface area contributed by atoms with E-state index in [0.29, 0.717) is 6.54 Å². The molecule has 0 aliphatic heterocycles. The van der Waals surface area contributed by atoms with E-state index in [1.807, 2.05) is 11.8 Å². The van der Waals surface area contributed by atoms with E-state index < -0.39 is 0 Å². The summed E-state index contributed by atoms with van der Waals surface area (Å²) in [6.07, 6.45) is 5.13. The highest BCUT2D eigenvalue weighted by Gasteiger charge is 1.96. The van der Waals surface area contributed by atoms with Crippen molar-refractivity contribution >= 4 is 11.8 Å². The van der Waals surface area contributed by atoms with Crippen molar-refractivity contribution in [3.63, 3.8) is 0 Å². The van der Waals surface area contributed by atoms with Crippen LogP contribution < -0.4 is 5.32 Å². The Hall–Kier alpha value is -0.910. The van der Waals surface area contributed by atoms with Gasteiger partial charge in [-0.2, -0.15) is 0 Å². The number of aryl methyl sites for hydroxylation is 1. The fourth-order valence-corrected chi connectivity index (χ4v) is 2.05. The van der Waals surface area contributed by atoms with Gasteiger partial charge < -0.3 is 5.32 Å². The van der Waals surface area contributed by atoms with Gasteiger partial charge in [0.2, 0.25) is 0 Å². The van der Waals surface area contributed by atoms with Crippen molar-refractivity contribution in [3.8, 4) is 12.3 Å². The Morgan fingerprint density at radius 2 is 2.21 bits per heavy atom. The van der Waals surface area contributed by atoms with Crippen LogP contribution in [-0.4, -0.2) is 18.8 Å². The molecule has 1 rings (SSSR count). The van der Waals surface area contributed by atoms with Crippen molar-refractivity contribution in [2.45, 2.75) is 11.8 Å². The summed E-state index contributed by atoms with van der Waals surface area (Å²) in [6.45, 7) is 3.76. The molecule has 0 radical (unpaired) electrons. The molecule has 0 bridgehead atoms. The van der Waals surface area contributed by atoms with E-state index in [1.165, 1.54) is 10.5 Å². The Balaban J connectivity index is 2.25. The molecule has 0 aliphatic carbocycles. The second kappa shape index (κ2) is 6.53. The molecule has 2 heteroatoms. The van der Waals surface area contributed by atoms with Crippen LogP contribution in [0.15, 0.2) is 29.2 Å². The summed E-state index contributed by atoms with van der Waals surface area (Å²) in [6, 6.07) is 8.43. The average Bonchev–Trinajstić information content (AvgIpc) is 2.20. The van der Waals surface area contributed by atoms with Crippen LogP contribution in [0.2, 0.25) is 0 Å². The zero-order valence-electron chi connectivity index (χ0n) is 8.42. The van der Waals surface area contributed by atoms with Crippen LogP contribution in [0.4, 0.5) is 0 Å². The van der Waals surface area contributed by atoms with Crippen LogP contribution in [0, 0.1) is 19.3 Å². The maximum atomic E-state index is 5.13. The molecule has 1 N–H and O–H groups in total. The van der Waals surface area contributed by atoms with Gasteiger partial charge in [0.05, 0.1) is 6.54 Å². The van der Waals surface area contributed by atoms with Crippen LogP contribution in [0.1, 0.15) is 5.56 Å². The first-order chi connectivity index (χ1) is 6.84. The number of hydrogen-bond donors (Lipinski definition) is 1. The molecule has 1 aromatic rings. The third-order valence-electron chi connectivity index (χ3n) is 1.86. The Kier molecular flexibility index (Phi) is 5.21. The highest BCUT2D eigenvalue weighted by Crippen LogP contribution is 2.20. The molecule has 0 aromatic heterocycles. The topological polar surface area (TPSA) is 12.0 Å². The molecule has 1 nitrogen and oxygen atoms in total. The van der Waals surface area contributed by atoms with Gasteiger partial charge in [-0.05, 0) is 18.6 Å². The summed E-state index contributed by atoms with van der Waals surface area (Å²) in [5.74, 6) is 3.62. The molecule has 1 aromatic carbocycles. The van der Waals surface area contributed by atoms with Gasteiger partial charge >= 0.3 is 0 Å². The average molecular weight is 205 g/mol. The first-order valence-electron chi connectivity index (χ1n) is 4.67. The normalized spacial score (nSPS) is 9.71. The highest BCUT2D eigenvalue weighted by atomic mass is 32.2. The monoisotopic (exact) mass is 205 g/mol. The summed E-state index contributed by atoms with van der Waals surface area (Å²) in [7, 11) is 0. The zero-order valence-corrected chi connectivity index (χ0v) is 9.23. The predicted molar refractivity (Wildman–Crippen MR) is 63.6 cm³/mol. The molecule has 0 unspecified atom stereocenters. The number of nitrogens with one attached hydrogen (secondary N) is 1. The number of terminal acetylenes is 1. The van der Waals surface area contributed by atoms with Crippen LogP contribution in [0.5, 0.6) is 0 Å². The molecule has 0 amide bonds. The lowest BCUT2D eigenvalue weighted by Gasteiger charge is -2.04.